The molecule has 0 aromatic heterocycles. The first-order chi connectivity index (χ1) is 10.8. The van der Waals surface area contributed by atoms with E-state index in [1.165, 1.54) is 18.4 Å². The van der Waals surface area contributed by atoms with Crippen LogP contribution < -0.4 is 10.6 Å². The quantitative estimate of drug-likeness (QED) is 0.273. The Morgan fingerprint density at radius 2 is 2.00 bits per heavy atom. The van der Waals surface area contributed by atoms with Crippen LogP contribution in [0.4, 0.5) is 0 Å². The fourth-order valence-corrected chi connectivity index (χ4v) is 2.23. The van der Waals surface area contributed by atoms with Crippen molar-refractivity contribution in [2.45, 2.75) is 32.6 Å². The topological polar surface area (TPSA) is 45.7 Å². The molecule has 0 saturated heterocycles. The summed E-state index contributed by atoms with van der Waals surface area (Å²) in [7, 11) is 0. The molecule has 0 radical (unpaired) electrons. The van der Waals surface area contributed by atoms with Gasteiger partial charge in [0, 0.05) is 32.2 Å². The highest BCUT2D eigenvalue weighted by molar-refractivity contribution is 14.0. The summed E-state index contributed by atoms with van der Waals surface area (Å²) in [5.41, 5.74) is 1.33. The lowest BCUT2D eigenvalue weighted by Gasteiger charge is -2.14. The fraction of sp³-hybridized carbons (Fsp3) is 0.611. The van der Waals surface area contributed by atoms with Crippen LogP contribution in [0.3, 0.4) is 0 Å². The molecular weight excluding hydrogens is 401 g/mol. The number of guanidine groups is 1. The van der Waals surface area contributed by atoms with E-state index in [1.807, 2.05) is 6.07 Å². The molecule has 1 fully saturated rings. The van der Waals surface area contributed by atoms with E-state index in [9.17, 15) is 0 Å². The van der Waals surface area contributed by atoms with Crippen molar-refractivity contribution in [3.8, 4) is 0 Å². The van der Waals surface area contributed by atoms with E-state index in [4.69, 9.17) is 4.74 Å². The van der Waals surface area contributed by atoms with Crippen LogP contribution in [0.5, 0.6) is 0 Å². The molecule has 0 aliphatic heterocycles. The summed E-state index contributed by atoms with van der Waals surface area (Å²) >= 11 is 0. The Morgan fingerprint density at radius 3 is 2.65 bits per heavy atom. The van der Waals surface area contributed by atoms with Crippen LogP contribution >= 0.6 is 24.0 Å². The van der Waals surface area contributed by atoms with Crippen molar-refractivity contribution >= 4 is 29.9 Å². The Bertz CT molecular complexity index is 449. The summed E-state index contributed by atoms with van der Waals surface area (Å²) in [4.78, 5) is 4.67. The summed E-state index contributed by atoms with van der Waals surface area (Å²) in [6.45, 7) is 8.41. The zero-order valence-electron chi connectivity index (χ0n) is 14.3. The summed E-state index contributed by atoms with van der Waals surface area (Å²) in [5.74, 6) is 2.12. The van der Waals surface area contributed by atoms with Crippen molar-refractivity contribution in [1.82, 2.24) is 10.6 Å². The standard InChI is InChI=1S/C18H29N3O.HI/c1-3-19-18(20-11-12-22-14-16-9-10-16)21-13-15(2)17-7-5-4-6-8-17;/h4-8,15-16H,3,9-14H2,1-2H3,(H2,19,20,21);1H. The fourth-order valence-electron chi connectivity index (χ4n) is 2.23. The van der Waals surface area contributed by atoms with Crippen LogP contribution in [-0.2, 0) is 4.74 Å². The SMILES string of the molecule is CCNC(=NCC(C)c1ccccc1)NCCOCC1CC1.I. The smallest absolute Gasteiger partial charge is 0.191 e. The van der Waals surface area contributed by atoms with Crippen LogP contribution in [0.1, 0.15) is 38.2 Å². The predicted molar refractivity (Wildman–Crippen MR) is 108 cm³/mol. The summed E-state index contributed by atoms with van der Waals surface area (Å²) in [5, 5.41) is 6.62. The third-order valence-electron chi connectivity index (χ3n) is 3.83. The Hall–Kier alpha value is -0.820. The lowest BCUT2D eigenvalue weighted by Crippen LogP contribution is -2.39. The minimum Gasteiger partial charge on any atom is -0.379 e. The number of benzene rings is 1. The molecule has 1 unspecified atom stereocenters. The highest BCUT2D eigenvalue weighted by atomic mass is 127. The molecule has 0 bridgehead atoms. The van der Waals surface area contributed by atoms with E-state index < -0.39 is 0 Å². The zero-order chi connectivity index (χ0) is 15.6. The van der Waals surface area contributed by atoms with Gasteiger partial charge in [0.05, 0.1) is 6.61 Å². The monoisotopic (exact) mass is 431 g/mol. The van der Waals surface area contributed by atoms with E-state index in [2.05, 4.69) is 53.7 Å². The maximum atomic E-state index is 5.64. The third kappa shape index (κ3) is 8.55. The molecule has 1 aromatic carbocycles. The molecule has 4 nitrogen and oxygen atoms in total. The first-order valence-corrected chi connectivity index (χ1v) is 8.44. The van der Waals surface area contributed by atoms with Gasteiger partial charge < -0.3 is 15.4 Å². The van der Waals surface area contributed by atoms with Crippen molar-refractivity contribution in [2.24, 2.45) is 10.9 Å². The molecule has 5 heteroatoms. The molecular formula is C18H30IN3O. The Morgan fingerprint density at radius 1 is 1.26 bits per heavy atom. The van der Waals surface area contributed by atoms with Gasteiger partial charge in [-0.1, -0.05) is 37.3 Å². The van der Waals surface area contributed by atoms with Gasteiger partial charge in [-0.25, -0.2) is 0 Å². The molecule has 1 aliphatic carbocycles. The normalized spacial score (nSPS) is 15.7. The number of nitrogens with one attached hydrogen (secondary N) is 2. The molecule has 0 spiro atoms. The molecule has 2 rings (SSSR count). The number of nitrogens with zero attached hydrogens (tertiary/aromatic N) is 1. The van der Waals surface area contributed by atoms with E-state index in [-0.39, 0.29) is 24.0 Å². The van der Waals surface area contributed by atoms with Crippen molar-refractivity contribution in [3.63, 3.8) is 0 Å². The second-order valence-corrected chi connectivity index (χ2v) is 5.98. The molecule has 1 aromatic rings. The van der Waals surface area contributed by atoms with Gasteiger partial charge in [0.25, 0.3) is 0 Å². The van der Waals surface area contributed by atoms with Crippen molar-refractivity contribution in [1.29, 1.82) is 0 Å². The molecule has 23 heavy (non-hydrogen) atoms. The van der Waals surface area contributed by atoms with E-state index in [0.29, 0.717) is 5.92 Å². The van der Waals surface area contributed by atoms with Crippen molar-refractivity contribution in [3.05, 3.63) is 35.9 Å². The van der Waals surface area contributed by atoms with Gasteiger partial charge in [-0.05, 0) is 31.2 Å². The predicted octanol–water partition coefficient (Wildman–Crippen LogP) is 3.39. The Kier molecular flexibility index (Phi) is 10.3. The first kappa shape index (κ1) is 20.2. The van der Waals surface area contributed by atoms with Gasteiger partial charge >= 0.3 is 0 Å². The number of ether oxygens (including phenoxy) is 1. The van der Waals surface area contributed by atoms with Gasteiger partial charge in [-0.15, -0.1) is 24.0 Å². The van der Waals surface area contributed by atoms with Gasteiger partial charge in [0.1, 0.15) is 0 Å². The molecule has 2 N–H and O–H groups in total. The lowest BCUT2D eigenvalue weighted by atomic mass is 10.0. The molecule has 1 aliphatic rings. The molecule has 1 saturated carbocycles. The Balaban J connectivity index is 0.00000264. The molecule has 130 valence electrons. The largest absolute Gasteiger partial charge is 0.379 e. The number of aliphatic imine (C=N–C) groups is 1. The van der Waals surface area contributed by atoms with Crippen molar-refractivity contribution in [2.75, 3.05) is 32.8 Å². The Labute approximate surface area is 157 Å². The number of rotatable bonds is 9. The highest BCUT2D eigenvalue weighted by Gasteiger charge is 2.20. The minimum atomic E-state index is 0. The minimum absolute atomic E-state index is 0. The molecule has 0 amide bonds. The third-order valence-corrected chi connectivity index (χ3v) is 3.83. The average molecular weight is 431 g/mol. The maximum absolute atomic E-state index is 5.64. The zero-order valence-corrected chi connectivity index (χ0v) is 16.6. The molecule has 0 heterocycles. The average Bonchev–Trinajstić information content (AvgIpc) is 3.37. The maximum Gasteiger partial charge on any atom is 0.191 e. The molecule has 1 atom stereocenters. The van der Waals surface area contributed by atoms with Crippen LogP contribution in [0.25, 0.3) is 0 Å². The highest BCUT2D eigenvalue weighted by Crippen LogP contribution is 2.28. The lowest BCUT2D eigenvalue weighted by molar-refractivity contribution is 0.129. The number of hydrogen-bond donors (Lipinski definition) is 2. The van der Waals surface area contributed by atoms with Crippen molar-refractivity contribution < 1.29 is 4.74 Å². The second kappa shape index (κ2) is 11.7. The van der Waals surface area contributed by atoms with E-state index >= 15 is 0 Å². The summed E-state index contributed by atoms with van der Waals surface area (Å²) < 4.78 is 5.64. The van der Waals surface area contributed by atoms with Crippen LogP contribution in [0.2, 0.25) is 0 Å². The van der Waals surface area contributed by atoms with Gasteiger partial charge in [-0.2, -0.15) is 0 Å². The van der Waals surface area contributed by atoms with Gasteiger partial charge in [0.15, 0.2) is 5.96 Å². The van der Waals surface area contributed by atoms with E-state index in [1.54, 1.807) is 0 Å². The number of halogens is 1. The van der Waals surface area contributed by atoms with E-state index in [0.717, 1.165) is 44.7 Å². The van der Waals surface area contributed by atoms with Crippen LogP contribution in [0.15, 0.2) is 35.3 Å². The van der Waals surface area contributed by atoms with Gasteiger partial charge in [0.2, 0.25) is 0 Å². The number of hydrogen-bond acceptors (Lipinski definition) is 2. The van der Waals surface area contributed by atoms with Crippen LogP contribution in [0, 0.1) is 5.92 Å². The second-order valence-electron chi connectivity index (χ2n) is 5.98. The first-order valence-electron chi connectivity index (χ1n) is 8.44. The van der Waals surface area contributed by atoms with Crippen LogP contribution in [-0.4, -0.2) is 38.8 Å². The summed E-state index contributed by atoms with van der Waals surface area (Å²) in [6, 6.07) is 10.5. The summed E-state index contributed by atoms with van der Waals surface area (Å²) in [6.07, 6.45) is 2.68. The van der Waals surface area contributed by atoms with Gasteiger partial charge in [-0.3, -0.25) is 4.99 Å².